The predicted octanol–water partition coefficient (Wildman–Crippen LogP) is 3.82. The fraction of sp³-hybridized carbons (Fsp3) is 0.417. The second-order valence-corrected chi connectivity index (χ2v) is 8.16. The van der Waals surface area contributed by atoms with Gasteiger partial charge in [-0.05, 0) is 62.4 Å². The number of carbonyl (C=O) groups excluding carboxylic acids is 2. The molecule has 1 aliphatic carbocycles. The molecular weight excluding hydrogens is 364 g/mol. The minimum absolute atomic E-state index is 0.0365. The molecule has 1 saturated heterocycles. The molecule has 1 atom stereocenters. The molecule has 1 unspecified atom stereocenters. The van der Waals surface area contributed by atoms with E-state index in [0.29, 0.717) is 36.4 Å². The monoisotopic (exact) mass is 392 g/mol. The summed E-state index contributed by atoms with van der Waals surface area (Å²) in [5.74, 6) is 1.06. The maximum atomic E-state index is 12.9. The minimum Gasteiger partial charge on any atom is -0.493 e. The molecule has 0 spiro atoms. The van der Waals surface area contributed by atoms with E-state index in [1.807, 2.05) is 54.3 Å². The van der Waals surface area contributed by atoms with E-state index in [-0.39, 0.29) is 11.8 Å². The van der Waals surface area contributed by atoms with Crippen LogP contribution in [0.3, 0.4) is 0 Å². The highest BCUT2D eigenvalue weighted by Crippen LogP contribution is 2.23. The summed E-state index contributed by atoms with van der Waals surface area (Å²) >= 11 is 0. The van der Waals surface area contributed by atoms with Crippen molar-refractivity contribution < 1.29 is 14.3 Å². The van der Waals surface area contributed by atoms with E-state index in [9.17, 15) is 9.59 Å². The second kappa shape index (κ2) is 8.68. The van der Waals surface area contributed by atoms with Gasteiger partial charge in [-0.2, -0.15) is 0 Å². The molecule has 1 aliphatic heterocycles. The van der Waals surface area contributed by atoms with Crippen LogP contribution in [0.5, 0.6) is 5.75 Å². The lowest BCUT2D eigenvalue weighted by Gasteiger charge is -2.33. The highest BCUT2D eigenvalue weighted by atomic mass is 16.5. The fourth-order valence-corrected chi connectivity index (χ4v) is 3.81. The van der Waals surface area contributed by atoms with Crippen molar-refractivity contribution in [3.8, 4) is 5.75 Å². The molecule has 1 heterocycles. The molecule has 4 rings (SSSR count). The van der Waals surface area contributed by atoms with E-state index >= 15 is 0 Å². The van der Waals surface area contributed by atoms with Gasteiger partial charge in [-0.25, -0.2) is 0 Å². The SMILES string of the molecule is Cc1ccccc1C(=O)N1CCCC(COc2cccc(C(=O)NC3CC3)c2)C1. The topological polar surface area (TPSA) is 58.6 Å². The zero-order valence-corrected chi connectivity index (χ0v) is 16.9. The largest absolute Gasteiger partial charge is 0.493 e. The van der Waals surface area contributed by atoms with Crippen LogP contribution in [0.1, 0.15) is 52.0 Å². The van der Waals surface area contributed by atoms with Crippen molar-refractivity contribution in [3.63, 3.8) is 0 Å². The number of rotatable bonds is 6. The number of aryl methyl sites for hydroxylation is 1. The third-order valence-electron chi connectivity index (χ3n) is 5.68. The van der Waals surface area contributed by atoms with Gasteiger partial charge in [0.2, 0.25) is 0 Å². The Kier molecular flexibility index (Phi) is 5.84. The van der Waals surface area contributed by atoms with Crippen LogP contribution in [0.25, 0.3) is 0 Å². The van der Waals surface area contributed by atoms with E-state index in [0.717, 1.165) is 43.4 Å². The van der Waals surface area contributed by atoms with Gasteiger partial charge in [0.25, 0.3) is 11.8 Å². The summed E-state index contributed by atoms with van der Waals surface area (Å²) in [6.07, 6.45) is 4.16. The Hall–Kier alpha value is -2.82. The first-order valence-corrected chi connectivity index (χ1v) is 10.5. The number of nitrogens with zero attached hydrogens (tertiary/aromatic N) is 1. The number of likely N-dealkylation sites (tertiary alicyclic amines) is 1. The lowest BCUT2D eigenvalue weighted by molar-refractivity contribution is 0.0632. The van der Waals surface area contributed by atoms with Crippen LogP contribution in [-0.2, 0) is 0 Å². The third-order valence-corrected chi connectivity index (χ3v) is 5.68. The number of hydrogen-bond donors (Lipinski definition) is 1. The molecule has 1 N–H and O–H groups in total. The summed E-state index contributed by atoms with van der Waals surface area (Å²) in [6.45, 7) is 4.02. The fourth-order valence-electron chi connectivity index (χ4n) is 3.81. The van der Waals surface area contributed by atoms with Gasteiger partial charge in [0.15, 0.2) is 0 Å². The van der Waals surface area contributed by atoms with Crippen LogP contribution in [0, 0.1) is 12.8 Å². The number of nitrogens with one attached hydrogen (secondary N) is 1. The van der Waals surface area contributed by atoms with Crippen molar-refractivity contribution in [2.75, 3.05) is 19.7 Å². The first kappa shape index (κ1) is 19.5. The average molecular weight is 392 g/mol. The molecule has 152 valence electrons. The number of amides is 2. The van der Waals surface area contributed by atoms with Gasteiger partial charge in [0, 0.05) is 36.2 Å². The summed E-state index contributed by atoms with van der Waals surface area (Å²) in [5, 5.41) is 3.00. The van der Waals surface area contributed by atoms with Crippen LogP contribution < -0.4 is 10.1 Å². The van der Waals surface area contributed by atoms with Crippen molar-refractivity contribution >= 4 is 11.8 Å². The molecule has 2 aromatic carbocycles. The Morgan fingerprint density at radius 3 is 2.72 bits per heavy atom. The summed E-state index contributed by atoms with van der Waals surface area (Å²) in [4.78, 5) is 27.1. The normalized spacial score (nSPS) is 18.9. The molecule has 2 fully saturated rings. The Bertz CT molecular complexity index is 891. The predicted molar refractivity (Wildman–Crippen MR) is 112 cm³/mol. The summed E-state index contributed by atoms with van der Waals surface area (Å²) in [7, 11) is 0. The van der Waals surface area contributed by atoms with E-state index in [2.05, 4.69) is 5.32 Å². The van der Waals surface area contributed by atoms with Gasteiger partial charge in [-0.1, -0.05) is 24.3 Å². The van der Waals surface area contributed by atoms with Crippen LogP contribution in [0.4, 0.5) is 0 Å². The number of ether oxygens (including phenoxy) is 1. The van der Waals surface area contributed by atoms with Crippen LogP contribution in [0.2, 0.25) is 0 Å². The summed E-state index contributed by atoms with van der Waals surface area (Å²) in [5.41, 5.74) is 2.43. The molecule has 2 amide bonds. The van der Waals surface area contributed by atoms with Crippen molar-refractivity contribution in [2.24, 2.45) is 5.92 Å². The van der Waals surface area contributed by atoms with Crippen molar-refractivity contribution in [3.05, 3.63) is 65.2 Å². The maximum absolute atomic E-state index is 12.9. The van der Waals surface area contributed by atoms with Crippen LogP contribution in [0.15, 0.2) is 48.5 Å². The molecule has 1 saturated carbocycles. The highest BCUT2D eigenvalue weighted by molar-refractivity contribution is 5.96. The lowest BCUT2D eigenvalue weighted by Crippen LogP contribution is -2.41. The Morgan fingerprint density at radius 1 is 1.10 bits per heavy atom. The van der Waals surface area contributed by atoms with Crippen molar-refractivity contribution in [1.82, 2.24) is 10.2 Å². The van der Waals surface area contributed by atoms with Gasteiger partial charge in [0.1, 0.15) is 5.75 Å². The molecule has 2 aromatic rings. The smallest absolute Gasteiger partial charge is 0.254 e. The first-order valence-electron chi connectivity index (χ1n) is 10.5. The lowest BCUT2D eigenvalue weighted by atomic mass is 9.97. The van der Waals surface area contributed by atoms with Crippen LogP contribution >= 0.6 is 0 Å². The standard InChI is InChI=1S/C24H28N2O3/c1-17-6-2-3-10-22(17)24(28)26-13-5-7-18(15-26)16-29-21-9-4-8-19(14-21)23(27)25-20-11-12-20/h2-4,6,8-10,14,18,20H,5,7,11-13,15-16H2,1H3,(H,25,27). The molecular formula is C24H28N2O3. The number of carbonyl (C=O) groups is 2. The first-order chi connectivity index (χ1) is 14.1. The number of piperidine rings is 1. The Balaban J connectivity index is 1.33. The zero-order valence-electron chi connectivity index (χ0n) is 16.9. The molecule has 29 heavy (non-hydrogen) atoms. The average Bonchev–Trinajstić information content (AvgIpc) is 3.56. The van der Waals surface area contributed by atoms with E-state index in [4.69, 9.17) is 4.74 Å². The maximum Gasteiger partial charge on any atom is 0.254 e. The Morgan fingerprint density at radius 2 is 1.93 bits per heavy atom. The molecule has 0 bridgehead atoms. The van der Waals surface area contributed by atoms with Crippen molar-refractivity contribution in [1.29, 1.82) is 0 Å². The molecule has 0 radical (unpaired) electrons. The summed E-state index contributed by atoms with van der Waals surface area (Å²) < 4.78 is 6.00. The van der Waals surface area contributed by atoms with E-state index in [1.165, 1.54) is 0 Å². The highest BCUT2D eigenvalue weighted by Gasteiger charge is 2.26. The van der Waals surface area contributed by atoms with Gasteiger partial charge >= 0.3 is 0 Å². The quantitative estimate of drug-likeness (QED) is 0.813. The molecule has 5 heteroatoms. The summed E-state index contributed by atoms with van der Waals surface area (Å²) in [6, 6.07) is 15.4. The number of hydrogen-bond acceptors (Lipinski definition) is 3. The van der Waals surface area contributed by atoms with Crippen molar-refractivity contribution in [2.45, 2.75) is 38.6 Å². The minimum atomic E-state index is -0.0365. The van der Waals surface area contributed by atoms with Gasteiger partial charge in [-0.15, -0.1) is 0 Å². The van der Waals surface area contributed by atoms with Gasteiger partial charge in [-0.3, -0.25) is 9.59 Å². The molecule has 0 aromatic heterocycles. The second-order valence-electron chi connectivity index (χ2n) is 8.16. The zero-order chi connectivity index (χ0) is 20.2. The Labute approximate surface area is 172 Å². The number of benzene rings is 2. The van der Waals surface area contributed by atoms with E-state index < -0.39 is 0 Å². The molecule has 2 aliphatic rings. The van der Waals surface area contributed by atoms with Gasteiger partial charge < -0.3 is 15.0 Å². The molecule has 5 nitrogen and oxygen atoms in total. The third kappa shape index (κ3) is 4.97. The van der Waals surface area contributed by atoms with Crippen LogP contribution in [-0.4, -0.2) is 42.5 Å². The van der Waals surface area contributed by atoms with E-state index in [1.54, 1.807) is 6.07 Å². The van der Waals surface area contributed by atoms with Gasteiger partial charge in [0.05, 0.1) is 6.61 Å².